The molecule has 2 N–H and O–H groups in total. The van der Waals surface area contributed by atoms with Gasteiger partial charge in [-0.1, -0.05) is 0 Å². The maximum Gasteiger partial charge on any atom is 0.323 e. The van der Waals surface area contributed by atoms with Crippen LogP contribution in [0.15, 0.2) is 60.8 Å². The highest BCUT2D eigenvalue weighted by Gasteiger charge is 2.28. The Kier molecular flexibility index (Phi) is 8.36. The molecule has 11 nitrogen and oxygen atoms in total. The van der Waals surface area contributed by atoms with Gasteiger partial charge in [0, 0.05) is 68.0 Å². The van der Waals surface area contributed by atoms with Gasteiger partial charge in [0.15, 0.2) is 11.6 Å². The Balaban J connectivity index is 0.955. The number of anilines is 3. The Morgan fingerprint density at radius 1 is 0.800 bits per heavy atom. The van der Waals surface area contributed by atoms with E-state index in [2.05, 4.69) is 25.0 Å². The van der Waals surface area contributed by atoms with Crippen molar-refractivity contribution in [1.29, 1.82) is 0 Å². The minimum atomic E-state index is -0.359. The molecule has 3 aliphatic heterocycles. The number of aromatic nitrogens is 3. The molecule has 7 rings (SSSR count). The molecule has 3 saturated heterocycles. The lowest BCUT2D eigenvalue weighted by Crippen LogP contribution is -2.45. The molecule has 0 atom stereocenters. The summed E-state index contributed by atoms with van der Waals surface area (Å²) in [5.41, 5.74) is 4.67. The summed E-state index contributed by atoms with van der Waals surface area (Å²) in [5, 5.41) is 5.75. The molecule has 4 aromatic rings. The number of benzene rings is 2. The van der Waals surface area contributed by atoms with Crippen LogP contribution in [0.5, 0.6) is 0 Å². The Labute approximate surface area is 263 Å². The lowest BCUT2D eigenvalue weighted by atomic mass is 10.0. The summed E-state index contributed by atoms with van der Waals surface area (Å²) in [4.78, 5) is 42.4. The number of hydrogen-bond acceptors (Lipinski definition) is 7. The number of amides is 3. The number of nitrogens with zero attached hydrogens (tertiary/aromatic N) is 6. The molecule has 2 aromatic carbocycles. The molecule has 45 heavy (non-hydrogen) atoms. The fourth-order valence-electron chi connectivity index (χ4n) is 6.71. The van der Waals surface area contributed by atoms with Crippen LogP contribution in [0, 0.1) is 0 Å². The van der Waals surface area contributed by atoms with Gasteiger partial charge in [-0.15, -0.1) is 0 Å². The average Bonchev–Trinajstić information content (AvgIpc) is 3.76. The molecule has 11 heteroatoms. The zero-order valence-electron chi connectivity index (χ0n) is 25.7. The van der Waals surface area contributed by atoms with Gasteiger partial charge in [-0.05, 0) is 93.4 Å². The van der Waals surface area contributed by atoms with Crippen LogP contribution in [0.3, 0.4) is 0 Å². The molecule has 3 fully saturated rings. The number of hydrogen-bond donors (Lipinski definition) is 2. The summed E-state index contributed by atoms with van der Waals surface area (Å²) in [7, 11) is 2.01. The quantitative estimate of drug-likeness (QED) is 0.323. The zero-order chi connectivity index (χ0) is 30.8. The van der Waals surface area contributed by atoms with Crippen molar-refractivity contribution >= 4 is 40.2 Å². The molecule has 2 aromatic heterocycles. The minimum absolute atomic E-state index is 0.0541. The molecular formula is C34H40N8O3. The maximum absolute atomic E-state index is 13.1. The van der Waals surface area contributed by atoms with Gasteiger partial charge in [-0.3, -0.25) is 4.79 Å². The number of ether oxygens (including phenoxy) is 1. The number of likely N-dealkylation sites (tertiary alicyclic amines) is 2. The molecule has 0 bridgehead atoms. The first-order valence-corrected chi connectivity index (χ1v) is 16.0. The monoisotopic (exact) mass is 608 g/mol. The van der Waals surface area contributed by atoms with E-state index in [-0.39, 0.29) is 11.9 Å². The van der Waals surface area contributed by atoms with E-state index in [1.807, 2.05) is 48.5 Å². The summed E-state index contributed by atoms with van der Waals surface area (Å²) in [6, 6.07) is 16.9. The molecule has 3 amide bonds. The van der Waals surface area contributed by atoms with E-state index in [0.717, 1.165) is 61.4 Å². The number of rotatable bonds is 6. The molecule has 0 aliphatic carbocycles. The van der Waals surface area contributed by atoms with E-state index in [4.69, 9.17) is 14.7 Å². The largest absolute Gasteiger partial charge is 0.378 e. The van der Waals surface area contributed by atoms with E-state index < -0.39 is 0 Å². The first-order valence-electron chi connectivity index (χ1n) is 16.0. The number of piperidine rings is 1. The van der Waals surface area contributed by atoms with E-state index in [0.29, 0.717) is 42.0 Å². The van der Waals surface area contributed by atoms with E-state index in [9.17, 15) is 9.59 Å². The van der Waals surface area contributed by atoms with Gasteiger partial charge in [0.05, 0.1) is 18.7 Å². The predicted molar refractivity (Wildman–Crippen MR) is 176 cm³/mol. The third-order valence-corrected chi connectivity index (χ3v) is 9.21. The number of fused-ring (bicyclic) bond motifs is 1. The number of carbonyl (C=O) groups is 2. The van der Waals surface area contributed by atoms with Crippen LogP contribution in [0.1, 0.15) is 36.0 Å². The fraction of sp³-hybridized carbons (Fsp3) is 0.412. The first kappa shape index (κ1) is 29.2. The van der Waals surface area contributed by atoms with Gasteiger partial charge in [-0.25, -0.2) is 14.8 Å². The molecule has 234 valence electrons. The standard InChI is InChI=1S/C34H40N8O3/c1-39-17-14-29-30(39)32(41-20-22-45-23-21-41)38-31(37-29)24-4-8-26(9-5-24)35-34(44)36-27-10-6-25(7-11-27)33(43)42-18-12-28(13-19-42)40-15-2-3-16-40/h4-11,14,17,28H,2-3,12-13,15-16,18-23H2,1H3,(H2,35,36,44). The van der Waals surface area contributed by atoms with Crippen molar-refractivity contribution in [2.75, 3.05) is 68.0 Å². The minimum Gasteiger partial charge on any atom is -0.378 e. The van der Waals surface area contributed by atoms with Gasteiger partial charge in [0.25, 0.3) is 5.91 Å². The Morgan fingerprint density at radius 2 is 1.44 bits per heavy atom. The van der Waals surface area contributed by atoms with Crippen LogP contribution in [0.4, 0.5) is 22.0 Å². The second-order valence-electron chi connectivity index (χ2n) is 12.1. The number of aryl methyl sites for hydroxylation is 1. The predicted octanol–water partition coefficient (Wildman–Crippen LogP) is 4.82. The third kappa shape index (κ3) is 6.36. The highest BCUT2D eigenvalue weighted by molar-refractivity contribution is 6.00. The van der Waals surface area contributed by atoms with Gasteiger partial charge >= 0.3 is 6.03 Å². The lowest BCUT2D eigenvalue weighted by molar-refractivity contribution is 0.0644. The number of urea groups is 1. The highest BCUT2D eigenvalue weighted by atomic mass is 16.5. The fourth-order valence-corrected chi connectivity index (χ4v) is 6.71. The summed E-state index contributed by atoms with van der Waals surface area (Å²) in [5.74, 6) is 1.59. The molecule has 0 spiro atoms. The number of morpholine rings is 1. The summed E-state index contributed by atoms with van der Waals surface area (Å²) in [6.07, 6.45) is 6.67. The number of nitrogens with one attached hydrogen (secondary N) is 2. The van der Waals surface area contributed by atoms with Crippen molar-refractivity contribution in [1.82, 2.24) is 24.3 Å². The third-order valence-electron chi connectivity index (χ3n) is 9.21. The van der Waals surface area contributed by atoms with Crippen LogP contribution >= 0.6 is 0 Å². The van der Waals surface area contributed by atoms with Crippen molar-refractivity contribution in [2.24, 2.45) is 7.05 Å². The first-order chi connectivity index (χ1) is 22.0. The average molecular weight is 609 g/mol. The molecule has 3 aliphatic rings. The van der Waals surface area contributed by atoms with Crippen LogP contribution in [0.2, 0.25) is 0 Å². The smallest absolute Gasteiger partial charge is 0.323 e. The summed E-state index contributed by atoms with van der Waals surface area (Å²) < 4.78 is 7.60. The van der Waals surface area contributed by atoms with E-state index >= 15 is 0 Å². The van der Waals surface area contributed by atoms with Crippen molar-refractivity contribution in [3.8, 4) is 11.4 Å². The van der Waals surface area contributed by atoms with Crippen LogP contribution < -0.4 is 15.5 Å². The Hall–Kier alpha value is -4.48. The lowest BCUT2D eigenvalue weighted by Gasteiger charge is -2.36. The second kappa shape index (κ2) is 12.9. The van der Waals surface area contributed by atoms with Crippen molar-refractivity contribution < 1.29 is 14.3 Å². The second-order valence-corrected chi connectivity index (χ2v) is 12.1. The summed E-state index contributed by atoms with van der Waals surface area (Å²) >= 11 is 0. The van der Waals surface area contributed by atoms with Crippen LogP contribution in [-0.2, 0) is 11.8 Å². The normalized spacial score (nSPS) is 18.0. The van der Waals surface area contributed by atoms with Crippen molar-refractivity contribution in [3.05, 3.63) is 66.4 Å². The SMILES string of the molecule is Cn1ccc2nc(-c3ccc(NC(=O)Nc4ccc(C(=O)N5CCC(N6CCCC6)CC5)cc4)cc3)nc(N3CCOCC3)c21. The highest BCUT2D eigenvalue weighted by Crippen LogP contribution is 2.29. The Bertz CT molecular complexity index is 1650. The molecular weight excluding hydrogens is 568 g/mol. The van der Waals surface area contributed by atoms with E-state index in [1.165, 1.54) is 25.9 Å². The van der Waals surface area contributed by atoms with Gasteiger partial charge in [-0.2, -0.15) is 0 Å². The molecule has 0 radical (unpaired) electrons. The van der Waals surface area contributed by atoms with Crippen LogP contribution in [0.25, 0.3) is 22.4 Å². The van der Waals surface area contributed by atoms with Gasteiger partial charge in [0.2, 0.25) is 0 Å². The van der Waals surface area contributed by atoms with E-state index in [1.54, 1.807) is 24.3 Å². The number of carbonyl (C=O) groups excluding carboxylic acids is 2. The molecule has 0 unspecified atom stereocenters. The Morgan fingerprint density at radius 3 is 2.11 bits per heavy atom. The van der Waals surface area contributed by atoms with Crippen molar-refractivity contribution in [3.63, 3.8) is 0 Å². The molecule has 5 heterocycles. The van der Waals surface area contributed by atoms with Crippen LogP contribution in [-0.4, -0.2) is 94.8 Å². The molecule has 0 saturated carbocycles. The topological polar surface area (TPSA) is 108 Å². The van der Waals surface area contributed by atoms with Gasteiger partial charge < -0.3 is 34.6 Å². The zero-order valence-corrected chi connectivity index (χ0v) is 25.7. The maximum atomic E-state index is 13.1. The van der Waals surface area contributed by atoms with Gasteiger partial charge in [0.1, 0.15) is 5.52 Å². The summed E-state index contributed by atoms with van der Waals surface area (Å²) in [6.45, 7) is 6.90. The van der Waals surface area contributed by atoms with Crippen molar-refractivity contribution in [2.45, 2.75) is 31.7 Å².